The second-order valence-corrected chi connectivity index (χ2v) is 5.03. The van der Waals surface area contributed by atoms with Gasteiger partial charge in [0.15, 0.2) is 0 Å². The van der Waals surface area contributed by atoms with E-state index >= 15 is 0 Å². The molecule has 1 aromatic carbocycles. The lowest BCUT2D eigenvalue weighted by molar-refractivity contribution is -0.123. The van der Waals surface area contributed by atoms with Crippen molar-refractivity contribution in [3.05, 3.63) is 47.1 Å². The van der Waals surface area contributed by atoms with Gasteiger partial charge in [-0.25, -0.2) is 4.39 Å². The molecule has 0 fully saturated rings. The van der Waals surface area contributed by atoms with E-state index in [1.165, 1.54) is 24.3 Å². The summed E-state index contributed by atoms with van der Waals surface area (Å²) in [6.07, 6.45) is -4.46. The molecule has 0 bridgehead atoms. The van der Waals surface area contributed by atoms with E-state index in [2.05, 4.69) is 0 Å². The van der Waals surface area contributed by atoms with Gasteiger partial charge in [-0.05, 0) is 18.2 Å². The molecule has 2 rings (SSSR count). The zero-order valence-electron chi connectivity index (χ0n) is 10.00. The average Bonchev–Trinajstić information content (AvgIpc) is 2.85. The molecule has 0 radical (unpaired) electrons. The van der Waals surface area contributed by atoms with Crippen molar-refractivity contribution < 1.29 is 22.4 Å². The minimum absolute atomic E-state index is 0.104. The van der Waals surface area contributed by atoms with Gasteiger partial charge in [-0.1, -0.05) is 18.2 Å². The number of carbonyl (C=O) groups excluding carboxylic acids is 1. The molecule has 0 aliphatic heterocycles. The predicted octanol–water partition coefficient (Wildman–Crippen LogP) is 3.85. The van der Waals surface area contributed by atoms with Gasteiger partial charge < -0.3 is 5.32 Å². The molecule has 0 saturated carbocycles. The van der Waals surface area contributed by atoms with Crippen LogP contribution in [0.5, 0.6) is 0 Å². The smallest absolute Gasteiger partial charge is 0.342 e. The molecular formula is C13H9F4NOS. The van der Waals surface area contributed by atoms with Gasteiger partial charge in [-0.3, -0.25) is 4.79 Å². The Hall–Kier alpha value is -1.89. The van der Waals surface area contributed by atoms with Crippen molar-refractivity contribution in [3.63, 3.8) is 0 Å². The van der Waals surface area contributed by atoms with Gasteiger partial charge in [0, 0.05) is 10.4 Å². The highest BCUT2D eigenvalue weighted by Crippen LogP contribution is 2.30. The van der Waals surface area contributed by atoms with Gasteiger partial charge in [0.2, 0.25) is 0 Å². The summed E-state index contributed by atoms with van der Waals surface area (Å²) >= 11 is 0.939. The van der Waals surface area contributed by atoms with Crippen LogP contribution in [0.25, 0.3) is 10.4 Å². The van der Waals surface area contributed by atoms with Gasteiger partial charge in [0.25, 0.3) is 5.91 Å². The molecule has 1 N–H and O–H groups in total. The number of hydrogen-bond acceptors (Lipinski definition) is 2. The van der Waals surface area contributed by atoms with Crippen LogP contribution in [-0.2, 0) is 0 Å². The maximum atomic E-state index is 13.5. The lowest BCUT2D eigenvalue weighted by Gasteiger charge is -2.06. The van der Waals surface area contributed by atoms with Gasteiger partial charge in [-0.2, -0.15) is 13.2 Å². The monoisotopic (exact) mass is 303 g/mol. The lowest BCUT2D eigenvalue weighted by Crippen LogP contribution is -2.33. The van der Waals surface area contributed by atoms with Crippen LogP contribution < -0.4 is 5.32 Å². The molecule has 106 valence electrons. The van der Waals surface area contributed by atoms with E-state index in [0.29, 0.717) is 10.4 Å². The van der Waals surface area contributed by atoms with Crippen LogP contribution in [0.3, 0.4) is 0 Å². The van der Waals surface area contributed by atoms with Crippen LogP contribution in [-0.4, -0.2) is 18.6 Å². The summed E-state index contributed by atoms with van der Waals surface area (Å²) in [6.45, 7) is -1.39. The molecule has 0 spiro atoms. The summed E-state index contributed by atoms with van der Waals surface area (Å²) in [6, 6.07) is 8.87. The highest BCUT2D eigenvalue weighted by Gasteiger charge is 2.28. The minimum atomic E-state index is -4.46. The fraction of sp³-hybridized carbons (Fsp3) is 0.154. The van der Waals surface area contributed by atoms with Crippen molar-refractivity contribution in [2.75, 3.05) is 6.54 Å². The van der Waals surface area contributed by atoms with Gasteiger partial charge >= 0.3 is 6.18 Å². The maximum absolute atomic E-state index is 13.5. The van der Waals surface area contributed by atoms with Crippen molar-refractivity contribution in [1.82, 2.24) is 5.32 Å². The van der Waals surface area contributed by atoms with E-state index in [0.717, 1.165) is 11.3 Å². The van der Waals surface area contributed by atoms with Crippen LogP contribution in [0.15, 0.2) is 36.4 Å². The third kappa shape index (κ3) is 3.57. The minimum Gasteiger partial charge on any atom is -0.342 e. The molecule has 0 atom stereocenters. The number of amides is 1. The Balaban J connectivity index is 2.13. The fourth-order valence-corrected chi connectivity index (χ4v) is 2.48. The van der Waals surface area contributed by atoms with Crippen molar-refractivity contribution in [2.24, 2.45) is 0 Å². The van der Waals surface area contributed by atoms with Crippen LogP contribution in [0, 0.1) is 5.82 Å². The number of thiophene rings is 1. The Morgan fingerprint density at radius 2 is 1.85 bits per heavy atom. The molecule has 7 heteroatoms. The summed E-state index contributed by atoms with van der Waals surface area (Å²) in [5, 5.41) is 1.77. The number of rotatable bonds is 3. The molecule has 2 nitrogen and oxygen atoms in total. The zero-order valence-corrected chi connectivity index (χ0v) is 10.8. The number of hydrogen-bond donors (Lipinski definition) is 1. The third-order valence-corrected chi connectivity index (χ3v) is 3.54. The summed E-state index contributed by atoms with van der Waals surface area (Å²) in [4.78, 5) is 12.1. The molecule has 1 aromatic heterocycles. The molecule has 2 aromatic rings. The van der Waals surface area contributed by atoms with E-state index in [4.69, 9.17) is 0 Å². The number of carbonyl (C=O) groups is 1. The first-order chi connectivity index (χ1) is 9.37. The van der Waals surface area contributed by atoms with Crippen molar-refractivity contribution in [2.45, 2.75) is 6.18 Å². The largest absolute Gasteiger partial charge is 0.405 e. The zero-order chi connectivity index (χ0) is 14.8. The van der Waals surface area contributed by atoms with E-state index in [1.807, 2.05) is 0 Å². The Bertz CT molecular complexity index is 621. The van der Waals surface area contributed by atoms with Crippen LogP contribution in [0.2, 0.25) is 0 Å². The fourth-order valence-electron chi connectivity index (χ4n) is 1.53. The molecule has 1 heterocycles. The highest BCUT2D eigenvalue weighted by atomic mass is 32.1. The Labute approximate surface area is 116 Å². The third-order valence-electron chi connectivity index (χ3n) is 2.42. The molecule has 20 heavy (non-hydrogen) atoms. The Kier molecular flexibility index (Phi) is 4.08. The van der Waals surface area contributed by atoms with Gasteiger partial charge in [0.1, 0.15) is 12.4 Å². The first-order valence-corrected chi connectivity index (χ1v) is 6.38. The summed E-state index contributed by atoms with van der Waals surface area (Å²) in [5.74, 6) is -1.27. The summed E-state index contributed by atoms with van der Waals surface area (Å²) in [5.41, 5.74) is 0.312. The van der Waals surface area contributed by atoms with Crippen molar-refractivity contribution in [3.8, 4) is 10.4 Å². The second kappa shape index (κ2) is 5.62. The van der Waals surface area contributed by atoms with E-state index in [9.17, 15) is 22.4 Å². The Morgan fingerprint density at radius 1 is 1.15 bits per heavy atom. The molecule has 1 amide bonds. The first-order valence-electron chi connectivity index (χ1n) is 5.56. The van der Waals surface area contributed by atoms with E-state index in [1.54, 1.807) is 17.4 Å². The Morgan fingerprint density at radius 3 is 2.50 bits per heavy atom. The number of halogens is 4. The standard InChI is InChI=1S/C13H9F4NOS/c14-9-4-2-1-3-8(9)10-5-6-11(20-10)12(19)18-7-13(15,16)17/h1-6H,7H2,(H,18,19). The van der Waals surface area contributed by atoms with E-state index < -0.39 is 24.4 Å². The van der Waals surface area contributed by atoms with Crippen molar-refractivity contribution in [1.29, 1.82) is 0 Å². The average molecular weight is 303 g/mol. The topological polar surface area (TPSA) is 29.1 Å². The molecule has 0 aliphatic carbocycles. The summed E-state index contributed by atoms with van der Waals surface area (Å²) in [7, 11) is 0. The lowest BCUT2D eigenvalue weighted by atomic mass is 10.2. The highest BCUT2D eigenvalue weighted by molar-refractivity contribution is 7.17. The number of alkyl halides is 3. The van der Waals surface area contributed by atoms with Crippen LogP contribution in [0.4, 0.5) is 17.6 Å². The molecular weight excluding hydrogens is 294 g/mol. The second-order valence-electron chi connectivity index (χ2n) is 3.94. The molecule has 0 aliphatic rings. The SMILES string of the molecule is O=C(NCC(F)(F)F)c1ccc(-c2ccccc2F)s1. The number of benzene rings is 1. The van der Waals surface area contributed by atoms with Crippen LogP contribution in [0.1, 0.15) is 9.67 Å². The molecule has 0 unspecified atom stereocenters. The maximum Gasteiger partial charge on any atom is 0.405 e. The first kappa shape index (κ1) is 14.5. The van der Waals surface area contributed by atoms with Gasteiger partial charge in [-0.15, -0.1) is 11.3 Å². The normalized spacial score (nSPS) is 11.4. The quantitative estimate of drug-likeness (QED) is 0.858. The summed E-state index contributed by atoms with van der Waals surface area (Å²) < 4.78 is 49.5. The van der Waals surface area contributed by atoms with Crippen molar-refractivity contribution >= 4 is 17.2 Å². The van der Waals surface area contributed by atoms with E-state index in [-0.39, 0.29) is 4.88 Å². The van der Waals surface area contributed by atoms with Gasteiger partial charge in [0.05, 0.1) is 4.88 Å². The molecule has 0 saturated heterocycles. The predicted molar refractivity (Wildman–Crippen MR) is 68.1 cm³/mol. The van der Waals surface area contributed by atoms with Crippen LogP contribution >= 0.6 is 11.3 Å². The number of nitrogens with one attached hydrogen (secondary N) is 1.